The van der Waals surface area contributed by atoms with Crippen molar-refractivity contribution in [1.29, 1.82) is 5.26 Å². The van der Waals surface area contributed by atoms with Gasteiger partial charge in [-0.05, 0) is 32.4 Å². The number of hydrogen-bond donors (Lipinski definition) is 0. The van der Waals surface area contributed by atoms with Crippen molar-refractivity contribution in [2.75, 3.05) is 11.4 Å². The van der Waals surface area contributed by atoms with Crippen LogP contribution in [-0.2, 0) is 6.54 Å². The van der Waals surface area contributed by atoms with Gasteiger partial charge in [-0.3, -0.25) is 9.20 Å². The van der Waals surface area contributed by atoms with Gasteiger partial charge >= 0.3 is 0 Å². The van der Waals surface area contributed by atoms with E-state index in [1.54, 1.807) is 16.5 Å². The number of anilines is 1. The Balaban J connectivity index is 1.68. The van der Waals surface area contributed by atoms with Crippen molar-refractivity contribution < 1.29 is 4.39 Å². The Morgan fingerprint density at radius 3 is 2.93 bits per heavy atom. The minimum Gasteiger partial charge on any atom is -0.351 e. The molecule has 0 spiro atoms. The van der Waals surface area contributed by atoms with Crippen LogP contribution in [0, 0.1) is 30.0 Å². The van der Waals surface area contributed by atoms with Crippen LogP contribution in [-0.4, -0.2) is 20.9 Å². The summed E-state index contributed by atoms with van der Waals surface area (Å²) in [5, 5.41) is 9.12. The number of thiazole rings is 1. The summed E-state index contributed by atoms with van der Waals surface area (Å²) in [4.78, 5) is 25.2. The third-order valence-electron chi connectivity index (χ3n) is 4.86. The highest BCUT2D eigenvalue weighted by Crippen LogP contribution is 2.48. The van der Waals surface area contributed by atoms with Crippen molar-refractivity contribution >= 4 is 22.1 Å². The molecular formula is C19H18FN5OS. The van der Waals surface area contributed by atoms with Gasteiger partial charge in [0.2, 0.25) is 0 Å². The van der Waals surface area contributed by atoms with Gasteiger partial charge in [0.15, 0.2) is 4.96 Å². The Labute approximate surface area is 159 Å². The third-order valence-corrected chi connectivity index (χ3v) is 5.84. The Morgan fingerprint density at radius 2 is 2.30 bits per heavy atom. The van der Waals surface area contributed by atoms with Crippen molar-refractivity contribution in [2.45, 2.75) is 32.7 Å². The van der Waals surface area contributed by atoms with Gasteiger partial charge in [0.1, 0.15) is 11.6 Å². The predicted octanol–water partition coefficient (Wildman–Crippen LogP) is 3.25. The van der Waals surface area contributed by atoms with Gasteiger partial charge in [-0.1, -0.05) is 0 Å². The minimum absolute atomic E-state index is 0.00629. The first kappa shape index (κ1) is 17.6. The number of aryl methyl sites for hydroxylation is 1. The molecule has 8 heteroatoms. The van der Waals surface area contributed by atoms with Crippen molar-refractivity contribution in [3.63, 3.8) is 0 Å². The fraction of sp³-hybridized carbons (Fsp3) is 0.368. The van der Waals surface area contributed by atoms with E-state index in [4.69, 9.17) is 5.26 Å². The lowest BCUT2D eigenvalue weighted by Gasteiger charge is -2.21. The third kappa shape index (κ3) is 3.19. The molecule has 6 nitrogen and oxygen atoms in total. The maximum atomic E-state index is 13.1. The SMILES string of the molecule is CCN(Cc1cc(=O)n2c([C@@H]3C[C@@H]3C#N)c(C)sc2n1)c1ccc(F)cn1. The highest BCUT2D eigenvalue weighted by atomic mass is 32.1. The molecule has 138 valence electrons. The van der Waals surface area contributed by atoms with E-state index in [0.29, 0.717) is 29.6 Å². The van der Waals surface area contributed by atoms with Gasteiger partial charge in [-0.25, -0.2) is 14.4 Å². The topological polar surface area (TPSA) is 74.3 Å². The highest BCUT2D eigenvalue weighted by Gasteiger charge is 2.42. The summed E-state index contributed by atoms with van der Waals surface area (Å²) in [6.45, 7) is 5.01. The standard InChI is InChI=1S/C19H18FN5OS/c1-3-24(16-5-4-13(20)9-22-16)10-14-7-17(26)25-18(15-6-12(15)8-21)11(2)27-19(25)23-14/h4-5,7,9,12,15H,3,6,10H2,1-2H3/t12-,15-/m1/s1. The molecule has 1 saturated carbocycles. The van der Waals surface area contributed by atoms with Gasteiger partial charge in [-0.15, -0.1) is 11.3 Å². The molecule has 27 heavy (non-hydrogen) atoms. The van der Waals surface area contributed by atoms with E-state index in [2.05, 4.69) is 16.0 Å². The van der Waals surface area contributed by atoms with Crippen LogP contribution >= 0.6 is 11.3 Å². The Hall–Kier alpha value is -2.79. The summed E-state index contributed by atoms with van der Waals surface area (Å²) < 4.78 is 14.8. The lowest BCUT2D eigenvalue weighted by molar-refractivity contribution is 0.620. The number of halogens is 1. The number of aromatic nitrogens is 3. The van der Waals surface area contributed by atoms with Crippen molar-refractivity contribution in [3.8, 4) is 6.07 Å². The molecule has 3 aromatic heterocycles. The molecular weight excluding hydrogens is 365 g/mol. The van der Waals surface area contributed by atoms with Crippen LogP contribution < -0.4 is 10.5 Å². The van der Waals surface area contributed by atoms with Gasteiger partial charge in [0, 0.05) is 29.1 Å². The molecule has 4 rings (SSSR count). The van der Waals surface area contributed by atoms with Crippen LogP contribution in [0.4, 0.5) is 10.2 Å². The zero-order valence-electron chi connectivity index (χ0n) is 15.0. The molecule has 1 fully saturated rings. The quantitative estimate of drug-likeness (QED) is 0.676. The first-order valence-electron chi connectivity index (χ1n) is 8.80. The summed E-state index contributed by atoms with van der Waals surface area (Å²) in [5.74, 6) is 0.376. The van der Waals surface area contributed by atoms with Crippen LogP contribution in [0.25, 0.3) is 4.96 Å². The molecule has 3 heterocycles. The Bertz CT molecular complexity index is 1100. The molecule has 1 aliphatic carbocycles. The van der Waals surface area contributed by atoms with Gasteiger partial charge in [-0.2, -0.15) is 5.26 Å². The Kier molecular flexibility index (Phi) is 4.40. The maximum Gasteiger partial charge on any atom is 0.259 e. The summed E-state index contributed by atoms with van der Waals surface area (Å²) in [6, 6.07) is 6.81. The van der Waals surface area contributed by atoms with Crippen molar-refractivity contribution in [3.05, 3.63) is 56.8 Å². The zero-order chi connectivity index (χ0) is 19.1. The fourth-order valence-electron chi connectivity index (χ4n) is 3.40. The average molecular weight is 383 g/mol. The molecule has 0 N–H and O–H groups in total. The largest absolute Gasteiger partial charge is 0.351 e. The van der Waals surface area contributed by atoms with E-state index < -0.39 is 0 Å². The number of nitrogens with zero attached hydrogens (tertiary/aromatic N) is 5. The summed E-state index contributed by atoms with van der Waals surface area (Å²) in [5.41, 5.74) is 1.45. The summed E-state index contributed by atoms with van der Waals surface area (Å²) >= 11 is 1.48. The fourth-order valence-corrected chi connectivity index (χ4v) is 4.46. The second-order valence-corrected chi connectivity index (χ2v) is 7.86. The number of hydrogen-bond acceptors (Lipinski definition) is 6. The minimum atomic E-state index is -0.384. The smallest absolute Gasteiger partial charge is 0.259 e. The Morgan fingerprint density at radius 1 is 1.48 bits per heavy atom. The normalized spacial score (nSPS) is 18.4. The molecule has 0 saturated heterocycles. The summed E-state index contributed by atoms with van der Waals surface area (Å²) in [6.07, 6.45) is 1.98. The van der Waals surface area contributed by atoms with E-state index in [1.165, 1.54) is 23.6 Å². The molecule has 1 aliphatic rings. The molecule has 3 aromatic rings. The second-order valence-electron chi connectivity index (χ2n) is 6.67. The zero-order valence-corrected chi connectivity index (χ0v) is 15.8. The number of pyridine rings is 1. The molecule has 2 atom stereocenters. The summed E-state index contributed by atoms with van der Waals surface area (Å²) in [7, 11) is 0. The van der Waals surface area contributed by atoms with Gasteiger partial charge in [0.05, 0.1) is 30.4 Å². The molecule has 0 unspecified atom stereocenters. The van der Waals surface area contributed by atoms with E-state index in [1.807, 2.05) is 18.7 Å². The number of nitriles is 1. The van der Waals surface area contributed by atoms with Crippen LogP contribution in [0.2, 0.25) is 0 Å². The van der Waals surface area contributed by atoms with Crippen LogP contribution in [0.1, 0.15) is 35.5 Å². The second kappa shape index (κ2) is 6.74. The molecule has 0 aromatic carbocycles. The van der Waals surface area contributed by atoms with E-state index >= 15 is 0 Å². The van der Waals surface area contributed by atoms with E-state index in [9.17, 15) is 9.18 Å². The van der Waals surface area contributed by atoms with Crippen molar-refractivity contribution in [1.82, 2.24) is 14.4 Å². The van der Waals surface area contributed by atoms with E-state index in [-0.39, 0.29) is 23.2 Å². The lowest BCUT2D eigenvalue weighted by atomic mass is 10.2. The van der Waals surface area contributed by atoms with E-state index in [0.717, 1.165) is 17.0 Å². The first-order valence-corrected chi connectivity index (χ1v) is 9.61. The number of fused-ring (bicyclic) bond motifs is 1. The monoisotopic (exact) mass is 383 g/mol. The molecule has 0 aliphatic heterocycles. The van der Waals surface area contributed by atoms with Gasteiger partial charge < -0.3 is 4.90 Å². The number of rotatable bonds is 5. The van der Waals surface area contributed by atoms with Crippen molar-refractivity contribution in [2.24, 2.45) is 5.92 Å². The van der Waals surface area contributed by atoms with Crippen LogP contribution in [0.15, 0.2) is 29.2 Å². The first-order chi connectivity index (χ1) is 13.0. The molecule has 0 radical (unpaired) electrons. The molecule has 0 bridgehead atoms. The highest BCUT2D eigenvalue weighted by molar-refractivity contribution is 7.17. The van der Waals surface area contributed by atoms with Gasteiger partial charge in [0.25, 0.3) is 5.56 Å². The predicted molar refractivity (Wildman–Crippen MR) is 101 cm³/mol. The lowest BCUT2D eigenvalue weighted by Crippen LogP contribution is -2.25. The van der Waals surface area contributed by atoms with Crippen LogP contribution in [0.5, 0.6) is 0 Å². The molecule has 0 amide bonds. The maximum absolute atomic E-state index is 13.1. The average Bonchev–Trinajstić information content (AvgIpc) is 3.35. The van der Waals surface area contributed by atoms with Crippen LogP contribution in [0.3, 0.4) is 0 Å².